The number of methoxy groups -OCH3 is 1. The second kappa shape index (κ2) is 8.56. The zero-order valence-electron chi connectivity index (χ0n) is 15.6. The fraction of sp³-hybridized carbons (Fsp3) is 0.381. The molecule has 134 valence electrons. The lowest BCUT2D eigenvalue weighted by atomic mass is 10.00. The Morgan fingerprint density at radius 1 is 1.12 bits per heavy atom. The Labute approximate surface area is 150 Å². The van der Waals surface area contributed by atoms with Gasteiger partial charge in [0.2, 0.25) is 0 Å². The van der Waals surface area contributed by atoms with Gasteiger partial charge in [0, 0.05) is 6.07 Å². The van der Waals surface area contributed by atoms with E-state index in [1.807, 2.05) is 32.0 Å². The van der Waals surface area contributed by atoms with Crippen LogP contribution in [0.4, 0.5) is 0 Å². The van der Waals surface area contributed by atoms with Crippen molar-refractivity contribution < 1.29 is 14.3 Å². The summed E-state index contributed by atoms with van der Waals surface area (Å²) in [7, 11) is 1.61. The molecule has 0 aliphatic rings. The number of carbonyl (C=O) groups is 1. The molecule has 1 amide bonds. The fourth-order valence-electron chi connectivity index (χ4n) is 2.77. The zero-order chi connectivity index (χ0) is 18.4. The maximum Gasteiger partial charge on any atom is 0.261 e. The first kappa shape index (κ1) is 18.8. The quantitative estimate of drug-likeness (QED) is 0.814. The molecule has 4 nitrogen and oxygen atoms in total. The van der Waals surface area contributed by atoms with Gasteiger partial charge >= 0.3 is 0 Å². The highest BCUT2D eigenvalue weighted by molar-refractivity contribution is 5.81. The van der Waals surface area contributed by atoms with Crippen molar-refractivity contribution in [3.8, 4) is 11.5 Å². The maximum absolute atomic E-state index is 12.6. The highest BCUT2D eigenvalue weighted by atomic mass is 16.5. The molecule has 0 saturated heterocycles. The molecule has 0 saturated carbocycles. The third-order valence-electron chi connectivity index (χ3n) is 4.24. The summed E-state index contributed by atoms with van der Waals surface area (Å²) in [4.78, 5) is 12.6. The first-order valence-corrected chi connectivity index (χ1v) is 8.62. The lowest BCUT2D eigenvalue weighted by Crippen LogP contribution is -2.39. The van der Waals surface area contributed by atoms with E-state index in [-0.39, 0.29) is 11.9 Å². The van der Waals surface area contributed by atoms with Gasteiger partial charge in [-0.3, -0.25) is 4.79 Å². The topological polar surface area (TPSA) is 47.6 Å². The van der Waals surface area contributed by atoms with E-state index in [4.69, 9.17) is 9.47 Å². The third kappa shape index (κ3) is 4.99. The van der Waals surface area contributed by atoms with E-state index in [0.29, 0.717) is 17.9 Å². The van der Waals surface area contributed by atoms with Crippen LogP contribution < -0.4 is 14.8 Å². The largest absolute Gasteiger partial charge is 0.497 e. The number of benzene rings is 2. The number of nitrogens with one attached hydrogen (secondary N) is 1. The van der Waals surface area contributed by atoms with Crippen molar-refractivity contribution in [3.63, 3.8) is 0 Å². The summed E-state index contributed by atoms with van der Waals surface area (Å²) in [5.41, 5.74) is 3.48. The van der Waals surface area contributed by atoms with Gasteiger partial charge in [-0.2, -0.15) is 0 Å². The molecule has 0 bridgehead atoms. The smallest absolute Gasteiger partial charge is 0.261 e. The van der Waals surface area contributed by atoms with E-state index in [1.165, 1.54) is 11.1 Å². The van der Waals surface area contributed by atoms with Crippen molar-refractivity contribution in [1.82, 2.24) is 5.32 Å². The predicted octanol–water partition coefficient (Wildman–Crippen LogP) is 4.35. The summed E-state index contributed by atoms with van der Waals surface area (Å²) < 4.78 is 11.1. The molecule has 25 heavy (non-hydrogen) atoms. The lowest BCUT2D eigenvalue weighted by molar-refractivity contribution is -0.128. The zero-order valence-corrected chi connectivity index (χ0v) is 15.6. The van der Waals surface area contributed by atoms with E-state index in [9.17, 15) is 4.79 Å². The number of hydrogen-bond donors (Lipinski definition) is 1. The van der Waals surface area contributed by atoms with Gasteiger partial charge in [0.15, 0.2) is 6.10 Å². The Hall–Kier alpha value is -2.49. The van der Waals surface area contributed by atoms with Crippen molar-refractivity contribution in [3.05, 3.63) is 59.2 Å². The molecule has 2 rings (SSSR count). The van der Waals surface area contributed by atoms with Gasteiger partial charge in [0.1, 0.15) is 11.5 Å². The molecule has 4 heteroatoms. The molecule has 0 fully saturated rings. The van der Waals surface area contributed by atoms with E-state index in [2.05, 4.69) is 37.4 Å². The van der Waals surface area contributed by atoms with E-state index in [1.54, 1.807) is 13.2 Å². The van der Waals surface area contributed by atoms with Crippen LogP contribution in [0.15, 0.2) is 42.5 Å². The van der Waals surface area contributed by atoms with Gasteiger partial charge < -0.3 is 14.8 Å². The van der Waals surface area contributed by atoms with Gasteiger partial charge in [-0.1, -0.05) is 36.8 Å². The second-order valence-electron chi connectivity index (χ2n) is 6.28. The second-order valence-corrected chi connectivity index (χ2v) is 6.28. The standard InChI is InChI=1S/C21H27NO3/c1-6-20(25-18-9-7-8-17(13-18)24-5)21(23)22-16(4)19-12-14(2)10-11-15(19)3/h7-13,16,20H,6H2,1-5H3,(H,22,23)/t16-,20+/m0/s1. The van der Waals surface area contributed by atoms with Gasteiger partial charge in [-0.25, -0.2) is 0 Å². The minimum Gasteiger partial charge on any atom is -0.497 e. The molecule has 0 spiro atoms. The first-order valence-electron chi connectivity index (χ1n) is 8.62. The number of carbonyl (C=O) groups excluding carboxylic acids is 1. The van der Waals surface area contributed by atoms with Crippen LogP contribution in [0.3, 0.4) is 0 Å². The molecular weight excluding hydrogens is 314 g/mol. The lowest BCUT2D eigenvalue weighted by Gasteiger charge is -2.22. The third-order valence-corrected chi connectivity index (χ3v) is 4.24. The summed E-state index contributed by atoms with van der Waals surface area (Å²) in [5.74, 6) is 1.22. The van der Waals surface area contributed by atoms with Crippen LogP contribution in [0.25, 0.3) is 0 Å². The Bertz CT molecular complexity index is 727. The SMILES string of the molecule is CC[C@@H](Oc1cccc(OC)c1)C(=O)N[C@@H](C)c1cc(C)ccc1C. The normalized spacial score (nSPS) is 13.0. The van der Waals surface area contributed by atoms with Crippen molar-refractivity contribution in [2.45, 2.75) is 46.3 Å². The van der Waals surface area contributed by atoms with E-state index >= 15 is 0 Å². The van der Waals surface area contributed by atoms with Crippen LogP contribution in [-0.4, -0.2) is 19.1 Å². The summed E-state index contributed by atoms with van der Waals surface area (Å²) in [6.45, 7) is 8.05. The van der Waals surface area contributed by atoms with Crippen LogP contribution in [-0.2, 0) is 4.79 Å². The van der Waals surface area contributed by atoms with Crippen molar-refractivity contribution in [2.24, 2.45) is 0 Å². The first-order chi connectivity index (χ1) is 11.9. The molecule has 0 aliphatic heterocycles. The Morgan fingerprint density at radius 2 is 1.84 bits per heavy atom. The van der Waals surface area contributed by atoms with Gasteiger partial charge in [0.05, 0.1) is 13.2 Å². The van der Waals surface area contributed by atoms with E-state index in [0.717, 1.165) is 5.56 Å². The number of ether oxygens (including phenoxy) is 2. The van der Waals surface area contributed by atoms with Crippen molar-refractivity contribution >= 4 is 5.91 Å². The predicted molar refractivity (Wildman–Crippen MR) is 100 cm³/mol. The Kier molecular flexibility index (Phi) is 6.45. The van der Waals surface area contributed by atoms with Gasteiger partial charge in [-0.05, 0) is 50.5 Å². The molecule has 0 aromatic heterocycles. The number of amides is 1. The molecule has 0 unspecified atom stereocenters. The molecule has 0 aliphatic carbocycles. The summed E-state index contributed by atoms with van der Waals surface area (Å²) in [5, 5.41) is 3.07. The minimum absolute atomic E-state index is 0.0737. The molecule has 0 heterocycles. The van der Waals surface area contributed by atoms with Crippen LogP contribution in [0.1, 0.15) is 43.0 Å². The molecular formula is C21H27NO3. The molecule has 2 aromatic carbocycles. The van der Waals surface area contributed by atoms with Gasteiger partial charge in [0.25, 0.3) is 5.91 Å². The average Bonchev–Trinajstić information content (AvgIpc) is 2.61. The summed E-state index contributed by atoms with van der Waals surface area (Å²) in [6.07, 6.45) is 0.0439. The number of rotatable bonds is 7. The summed E-state index contributed by atoms with van der Waals surface area (Å²) >= 11 is 0. The Balaban J connectivity index is 2.07. The number of hydrogen-bond acceptors (Lipinski definition) is 3. The van der Waals surface area contributed by atoms with Crippen LogP contribution in [0.2, 0.25) is 0 Å². The molecule has 0 radical (unpaired) electrons. The van der Waals surface area contributed by atoms with Crippen molar-refractivity contribution in [2.75, 3.05) is 7.11 Å². The maximum atomic E-state index is 12.6. The van der Waals surface area contributed by atoms with Crippen LogP contribution >= 0.6 is 0 Å². The summed E-state index contributed by atoms with van der Waals surface area (Å²) in [6, 6.07) is 13.5. The minimum atomic E-state index is -0.542. The van der Waals surface area contributed by atoms with E-state index < -0.39 is 6.10 Å². The van der Waals surface area contributed by atoms with Crippen LogP contribution in [0.5, 0.6) is 11.5 Å². The molecule has 2 aromatic rings. The Morgan fingerprint density at radius 3 is 2.52 bits per heavy atom. The van der Waals surface area contributed by atoms with Crippen molar-refractivity contribution in [1.29, 1.82) is 0 Å². The van der Waals surface area contributed by atoms with Crippen LogP contribution in [0, 0.1) is 13.8 Å². The average molecular weight is 341 g/mol. The van der Waals surface area contributed by atoms with Gasteiger partial charge in [-0.15, -0.1) is 0 Å². The fourth-order valence-corrected chi connectivity index (χ4v) is 2.77. The monoisotopic (exact) mass is 341 g/mol. The number of aryl methyl sites for hydroxylation is 2. The molecule has 1 N–H and O–H groups in total. The highest BCUT2D eigenvalue weighted by Crippen LogP contribution is 2.22. The highest BCUT2D eigenvalue weighted by Gasteiger charge is 2.21. The molecule has 2 atom stereocenters.